The third-order valence-electron chi connectivity index (χ3n) is 5.95. The normalized spacial score (nSPS) is 18.5. The molecule has 4 aromatic carbocycles. The molecule has 5 rings (SSSR count). The second-order valence-corrected chi connectivity index (χ2v) is 12.7. The molecule has 0 radical (unpaired) electrons. The van der Waals surface area contributed by atoms with Gasteiger partial charge < -0.3 is 5.32 Å². The molecule has 0 amide bonds. The molecule has 4 aromatic rings. The van der Waals surface area contributed by atoms with E-state index in [9.17, 15) is 0 Å². The van der Waals surface area contributed by atoms with Crippen molar-refractivity contribution in [2.75, 3.05) is 13.1 Å². The highest BCUT2D eigenvalue weighted by atomic mass is 31.1. The maximum absolute atomic E-state index is 3.79. The second kappa shape index (κ2) is 9.88. The fourth-order valence-corrected chi connectivity index (χ4v) is 11.0. The highest BCUT2D eigenvalue weighted by Crippen LogP contribution is 2.52. The molecule has 1 saturated heterocycles. The van der Waals surface area contributed by atoms with Gasteiger partial charge in [-0.3, -0.25) is 0 Å². The molecule has 1 nitrogen and oxygen atoms in total. The van der Waals surface area contributed by atoms with Crippen LogP contribution in [0.2, 0.25) is 0 Å². The zero-order valence-electron chi connectivity index (χ0n) is 17.5. The molecule has 31 heavy (non-hydrogen) atoms. The van der Waals surface area contributed by atoms with Crippen molar-refractivity contribution in [1.29, 1.82) is 0 Å². The zero-order chi connectivity index (χ0) is 20.9. The van der Waals surface area contributed by atoms with Crippen molar-refractivity contribution >= 4 is 37.1 Å². The summed E-state index contributed by atoms with van der Waals surface area (Å²) in [5.41, 5.74) is 1.21. The highest BCUT2D eigenvalue weighted by molar-refractivity contribution is 7.77. The predicted octanol–water partition coefficient (Wildman–Crippen LogP) is 4.59. The van der Waals surface area contributed by atoms with E-state index in [2.05, 4.69) is 127 Å². The van der Waals surface area contributed by atoms with Gasteiger partial charge >= 0.3 is 0 Å². The average molecular weight is 439 g/mol. The molecule has 1 aliphatic heterocycles. The summed E-state index contributed by atoms with van der Waals surface area (Å²) in [4.78, 5) is 0. The van der Waals surface area contributed by atoms with E-state index in [1.807, 2.05) is 0 Å². The van der Waals surface area contributed by atoms with Crippen LogP contribution in [0.1, 0.15) is 0 Å². The van der Waals surface area contributed by atoms with Crippen molar-refractivity contribution in [3.8, 4) is 0 Å². The zero-order valence-corrected chi connectivity index (χ0v) is 19.3. The molecule has 0 aliphatic carbocycles. The lowest BCUT2D eigenvalue weighted by Gasteiger charge is -2.34. The van der Waals surface area contributed by atoms with Gasteiger partial charge in [0.25, 0.3) is 0 Å². The molecular weight excluding hydrogens is 412 g/mol. The molecule has 2 unspecified atom stereocenters. The molecule has 0 aromatic heterocycles. The van der Waals surface area contributed by atoms with Crippen LogP contribution in [-0.4, -0.2) is 24.4 Å². The Balaban J connectivity index is 1.60. The standard InChI is InChI=1S/C28H27NP2/c1-5-13-23(14-6-1)30(24-15-7-2-8-16-24)27-21-29-22-28(27)31(25-17-9-3-10-18-25)26-19-11-4-12-20-26/h1-20,27-29H,21-22H2. The third kappa shape index (κ3) is 4.51. The van der Waals surface area contributed by atoms with E-state index in [4.69, 9.17) is 0 Å². The van der Waals surface area contributed by atoms with Crippen LogP contribution in [0, 0.1) is 0 Å². The van der Waals surface area contributed by atoms with Gasteiger partial charge in [0.2, 0.25) is 0 Å². The van der Waals surface area contributed by atoms with Crippen LogP contribution in [0.5, 0.6) is 0 Å². The monoisotopic (exact) mass is 439 g/mol. The smallest absolute Gasteiger partial charge is 0.00822 e. The quantitative estimate of drug-likeness (QED) is 0.434. The van der Waals surface area contributed by atoms with Gasteiger partial charge in [-0.05, 0) is 37.1 Å². The molecule has 1 fully saturated rings. The second-order valence-electron chi connectivity index (χ2n) is 7.88. The molecule has 0 bridgehead atoms. The SMILES string of the molecule is c1ccc(P(c2ccccc2)C2CNCC2P(c2ccccc2)c2ccccc2)cc1. The van der Waals surface area contributed by atoms with Crippen molar-refractivity contribution in [3.63, 3.8) is 0 Å². The van der Waals surface area contributed by atoms with Crippen LogP contribution in [-0.2, 0) is 0 Å². The summed E-state index contributed by atoms with van der Waals surface area (Å²) >= 11 is 0. The Hall–Kier alpha value is -2.30. The van der Waals surface area contributed by atoms with E-state index < -0.39 is 15.8 Å². The summed E-state index contributed by atoms with van der Waals surface area (Å²) in [7, 11) is -0.902. The van der Waals surface area contributed by atoms with Gasteiger partial charge in [0.15, 0.2) is 0 Å². The molecular formula is C28H27NP2. The molecule has 154 valence electrons. The Morgan fingerprint density at radius 1 is 0.419 bits per heavy atom. The Morgan fingerprint density at radius 2 is 0.677 bits per heavy atom. The molecule has 2 atom stereocenters. The summed E-state index contributed by atoms with van der Waals surface area (Å²) in [5, 5.41) is 9.73. The third-order valence-corrected chi connectivity index (χ3v) is 12.0. The number of benzene rings is 4. The fourth-order valence-electron chi connectivity index (χ4n) is 4.60. The van der Waals surface area contributed by atoms with Crippen molar-refractivity contribution in [1.82, 2.24) is 5.32 Å². The molecule has 1 heterocycles. The summed E-state index contributed by atoms with van der Waals surface area (Å²) in [6.45, 7) is 2.16. The Labute approximate surface area is 188 Å². The van der Waals surface area contributed by atoms with Gasteiger partial charge in [-0.15, -0.1) is 0 Å². The van der Waals surface area contributed by atoms with Crippen LogP contribution >= 0.6 is 15.8 Å². The van der Waals surface area contributed by atoms with Crippen molar-refractivity contribution in [2.45, 2.75) is 11.3 Å². The van der Waals surface area contributed by atoms with Gasteiger partial charge in [0, 0.05) is 24.4 Å². The highest BCUT2D eigenvalue weighted by Gasteiger charge is 2.40. The molecule has 1 aliphatic rings. The lowest BCUT2D eigenvalue weighted by molar-refractivity contribution is 0.859. The number of nitrogens with one attached hydrogen (secondary N) is 1. The van der Waals surface area contributed by atoms with E-state index in [0.29, 0.717) is 11.3 Å². The van der Waals surface area contributed by atoms with Gasteiger partial charge in [-0.1, -0.05) is 121 Å². The van der Waals surface area contributed by atoms with Crippen molar-refractivity contribution in [2.24, 2.45) is 0 Å². The minimum Gasteiger partial charge on any atom is -0.315 e. The van der Waals surface area contributed by atoms with Gasteiger partial charge in [0.05, 0.1) is 0 Å². The number of hydrogen-bond donors (Lipinski definition) is 1. The van der Waals surface area contributed by atoms with Crippen LogP contribution in [0.15, 0.2) is 121 Å². The summed E-state index contributed by atoms with van der Waals surface area (Å²) in [6.07, 6.45) is 0. The van der Waals surface area contributed by atoms with Gasteiger partial charge in [-0.2, -0.15) is 0 Å². The van der Waals surface area contributed by atoms with Crippen LogP contribution in [0.4, 0.5) is 0 Å². The first-order chi connectivity index (χ1) is 15.4. The fraction of sp³-hybridized carbons (Fsp3) is 0.143. The first-order valence-electron chi connectivity index (χ1n) is 10.9. The lowest BCUT2D eigenvalue weighted by atomic mass is 10.3. The molecule has 0 saturated carbocycles. The van der Waals surface area contributed by atoms with E-state index in [1.165, 1.54) is 21.2 Å². The molecule has 3 heteroatoms. The minimum atomic E-state index is -0.451. The van der Waals surface area contributed by atoms with Crippen LogP contribution in [0.3, 0.4) is 0 Å². The lowest BCUT2D eigenvalue weighted by Crippen LogP contribution is -2.34. The molecule has 1 N–H and O–H groups in total. The predicted molar refractivity (Wildman–Crippen MR) is 139 cm³/mol. The van der Waals surface area contributed by atoms with Crippen LogP contribution in [0.25, 0.3) is 0 Å². The minimum absolute atomic E-state index is 0.451. The van der Waals surface area contributed by atoms with Crippen molar-refractivity contribution in [3.05, 3.63) is 121 Å². The number of hydrogen-bond acceptors (Lipinski definition) is 1. The number of rotatable bonds is 6. The van der Waals surface area contributed by atoms with Gasteiger partial charge in [-0.25, -0.2) is 0 Å². The van der Waals surface area contributed by atoms with Gasteiger partial charge in [0.1, 0.15) is 0 Å². The topological polar surface area (TPSA) is 12.0 Å². The van der Waals surface area contributed by atoms with Crippen molar-refractivity contribution < 1.29 is 0 Å². The Kier molecular flexibility index (Phi) is 6.57. The van der Waals surface area contributed by atoms with E-state index in [-0.39, 0.29) is 0 Å². The first kappa shape index (κ1) is 20.6. The summed E-state index contributed by atoms with van der Waals surface area (Å²) in [5.74, 6) is 0. The van der Waals surface area contributed by atoms with E-state index in [1.54, 1.807) is 0 Å². The van der Waals surface area contributed by atoms with Crippen LogP contribution < -0.4 is 26.5 Å². The summed E-state index contributed by atoms with van der Waals surface area (Å²) in [6, 6.07) is 44.8. The maximum atomic E-state index is 3.79. The maximum Gasteiger partial charge on any atom is 0.00822 e. The van der Waals surface area contributed by atoms with E-state index in [0.717, 1.165) is 13.1 Å². The molecule has 0 spiro atoms. The van der Waals surface area contributed by atoms with E-state index >= 15 is 0 Å². The Morgan fingerprint density at radius 3 is 0.935 bits per heavy atom. The largest absolute Gasteiger partial charge is 0.315 e. The Bertz CT molecular complexity index is 903. The summed E-state index contributed by atoms with van der Waals surface area (Å²) < 4.78 is 0. The average Bonchev–Trinajstić information content (AvgIpc) is 3.31. The first-order valence-corrected chi connectivity index (χ1v) is 13.7.